The minimum Gasteiger partial charge on any atom is -0.309 e. The van der Waals surface area contributed by atoms with Crippen molar-refractivity contribution in [1.82, 2.24) is 29.5 Å². The number of rotatable bonds is 5. The summed E-state index contributed by atoms with van der Waals surface area (Å²) in [6, 6.07) is 45.8. The molecular weight excluding hydrogens is 656 g/mol. The number of benzene rings is 5. The zero-order chi connectivity index (χ0) is 32.0. The van der Waals surface area contributed by atoms with Crippen LogP contribution in [0, 0.1) is 0 Å². The number of para-hydroxylation sites is 2. The SMILES string of the molecule is Brc1cc(-c2nc(-c3ccc(-c4cccnc4)cc3)nc(-c3ccc4ncccc4c3)n2)cc(-n2c3ccccc3c3ccccc32)c1. The van der Waals surface area contributed by atoms with Crippen LogP contribution < -0.4 is 0 Å². The molecule has 226 valence electrons. The molecule has 0 aliphatic rings. The normalized spacial score (nSPS) is 11.4. The average molecular weight is 682 g/mol. The van der Waals surface area contributed by atoms with Crippen LogP contribution in [0.4, 0.5) is 0 Å². The van der Waals surface area contributed by atoms with E-state index in [4.69, 9.17) is 15.0 Å². The maximum Gasteiger partial charge on any atom is 0.164 e. The van der Waals surface area contributed by atoms with Gasteiger partial charge in [-0.05, 0) is 71.8 Å². The van der Waals surface area contributed by atoms with E-state index < -0.39 is 0 Å². The molecule has 48 heavy (non-hydrogen) atoms. The lowest BCUT2D eigenvalue weighted by molar-refractivity contribution is 1.07. The fourth-order valence-corrected chi connectivity index (χ4v) is 6.84. The van der Waals surface area contributed by atoms with Crippen molar-refractivity contribution in [3.05, 3.63) is 157 Å². The Hall–Kier alpha value is -6.05. The topological polar surface area (TPSA) is 69.4 Å². The number of fused-ring (bicyclic) bond motifs is 4. The van der Waals surface area contributed by atoms with Gasteiger partial charge in [-0.15, -0.1) is 0 Å². The van der Waals surface area contributed by atoms with Crippen LogP contribution in [-0.4, -0.2) is 29.5 Å². The fraction of sp³-hybridized carbons (Fsp3) is 0. The highest BCUT2D eigenvalue weighted by atomic mass is 79.9. The van der Waals surface area contributed by atoms with E-state index in [1.165, 1.54) is 10.8 Å². The molecule has 0 unspecified atom stereocenters. The van der Waals surface area contributed by atoms with Crippen LogP contribution >= 0.6 is 15.9 Å². The van der Waals surface area contributed by atoms with Gasteiger partial charge in [0.05, 0.1) is 16.6 Å². The summed E-state index contributed by atoms with van der Waals surface area (Å²) in [6.45, 7) is 0. The summed E-state index contributed by atoms with van der Waals surface area (Å²) in [5, 5.41) is 3.44. The Labute approximate surface area is 284 Å². The van der Waals surface area contributed by atoms with E-state index in [2.05, 4.69) is 140 Å². The molecule has 0 N–H and O–H groups in total. The molecule has 0 fully saturated rings. The predicted octanol–water partition coefficient (Wildman–Crippen LogP) is 10.3. The van der Waals surface area contributed by atoms with Crippen molar-refractivity contribution in [1.29, 1.82) is 0 Å². The van der Waals surface area contributed by atoms with E-state index in [0.29, 0.717) is 17.5 Å². The smallest absolute Gasteiger partial charge is 0.164 e. The maximum atomic E-state index is 5.08. The molecule has 0 atom stereocenters. The molecule has 0 radical (unpaired) electrons. The third-order valence-electron chi connectivity index (χ3n) is 8.61. The highest BCUT2D eigenvalue weighted by Crippen LogP contribution is 2.35. The van der Waals surface area contributed by atoms with Gasteiger partial charge in [-0.25, -0.2) is 15.0 Å². The van der Waals surface area contributed by atoms with E-state index in [1.807, 2.05) is 30.5 Å². The van der Waals surface area contributed by atoms with E-state index in [9.17, 15) is 0 Å². The Morgan fingerprint density at radius 2 is 1.12 bits per heavy atom. The molecule has 7 heteroatoms. The Balaban J connectivity index is 1.23. The standard InChI is InChI=1S/C41H25BrN6/c42-32-22-31(23-33(24-32)48-37-11-3-1-9-34(37)35-10-2-4-12-38(35)48)41-46-39(27-15-13-26(14-16-27)30-8-5-19-43-25-30)45-40(47-41)29-17-18-36-28(21-29)7-6-20-44-36/h1-25H. The Kier molecular flexibility index (Phi) is 6.83. The van der Waals surface area contributed by atoms with Crippen molar-refractivity contribution in [2.75, 3.05) is 0 Å². The first-order valence-corrected chi connectivity index (χ1v) is 16.4. The van der Waals surface area contributed by atoms with Crippen LogP contribution in [0.5, 0.6) is 0 Å². The first-order chi connectivity index (χ1) is 23.7. The van der Waals surface area contributed by atoms with Crippen LogP contribution in [0.3, 0.4) is 0 Å². The van der Waals surface area contributed by atoms with E-state index >= 15 is 0 Å². The van der Waals surface area contributed by atoms with Gasteiger partial charge >= 0.3 is 0 Å². The molecule has 4 aromatic heterocycles. The summed E-state index contributed by atoms with van der Waals surface area (Å²) >= 11 is 3.81. The van der Waals surface area contributed by atoms with Crippen molar-refractivity contribution >= 4 is 48.6 Å². The van der Waals surface area contributed by atoms with Crippen LogP contribution in [0.15, 0.2) is 157 Å². The van der Waals surface area contributed by atoms with Gasteiger partial charge in [-0.3, -0.25) is 9.97 Å². The van der Waals surface area contributed by atoms with Crippen LogP contribution in [0.25, 0.3) is 83.7 Å². The van der Waals surface area contributed by atoms with Gasteiger partial charge < -0.3 is 4.57 Å². The van der Waals surface area contributed by atoms with Crippen molar-refractivity contribution in [3.8, 4) is 51.0 Å². The molecule has 0 aliphatic heterocycles. The largest absolute Gasteiger partial charge is 0.309 e. The lowest BCUT2D eigenvalue weighted by Gasteiger charge is -2.13. The minimum atomic E-state index is 0.584. The first kappa shape index (κ1) is 28.2. The van der Waals surface area contributed by atoms with E-state index in [0.717, 1.165) is 59.9 Å². The van der Waals surface area contributed by atoms with E-state index in [-0.39, 0.29) is 0 Å². The summed E-state index contributed by atoms with van der Waals surface area (Å²) < 4.78 is 3.23. The highest BCUT2D eigenvalue weighted by Gasteiger charge is 2.17. The molecule has 9 aromatic rings. The molecule has 6 nitrogen and oxygen atoms in total. The van der Waals surface area contributed by atoms with Crippen molar-refractivity contribution < 1.29 is 0 Å². The summed E-state index contributed by atoms with van der Waals surface area (Å²) in [6.07, 6.45) is 5.45. The van der Waals surface area contributed by atoms with Gasteiger partial charge in [0.25, 0.3) is 0 Å². The van der Waals surface area contributed by atoms with Crippen molar-refractivity contribution in [2.45, 2.75) is 0 Å². The predicted molar refractivity (Wildman–Crippen MR) is 197 cm³/mol. The van der Waals surface area contributed by atoms with Crippen molar-refractivity contribution in [2.24, 2.45) is 0 Å². The second kappa shape index (κ2) is 11.6. The second-order valence-corrected chi connectivity index (χ2v) is 12.5. The zero-order valence-electron chi connectivity index (χ0n) is 25.5. The van der Waals surface area contributed by atoms with Gasteiger partial charge in [0, 0.05) is 61.6 Å². The summed E-state index contributed by atoms with van der Waals surface area (Å²) in [7, 11) is 0. The molecule has 9 rings (SSSR count). The molecular formula is C41H25BrN6. The summed E-state index contributed by atoms with van der Waals surface area (Å²) in [4.78, 5) is 23.9. The number of nitrogens with zero attached hydrogens (tertiary/aromatic N) is 6. The van der Waals surface area contributed by atoms with Gasteiger partial charge in [0.15, 0.2) is 17.5 Å². The highest BCUT2D eigenvalue weighted by molar-refractivity contribution is 9.10. The number of halogens is 1. The van der Waals surface area contributed by atoms with Gasteiger partial charge in [-0.2, -0.15) is 0 Å². The second-order valence-electron chi connectivity index (χ2n) is 11.6. The molecule has 0 spiro atoms. The Morgan fingerprint density at radius 1 is 0.479 bits per heavy atom. The molecule has 4 heterocycles. The number of pyridine rings is 2. The van der Waals surface area contributed by atoms with Gasteiger partial charge in [0.1, 0.15) is 0 Å². The van der Waals surface area contributed by atoms with Crippen LogP contribution in [-0.2, 0) is 0 Å². The molecule has 5 aromatic carbocycles. The fourth-order valence-electron chi connectivity index (χ4n) is 6.36. The molecule has 0 bridgehead atoms. The molecule has 0 saturated carbocycles. The number of aromatic nitrogens is 6. The molecule has 0 saturated heterocycles. The quantitative estimate of drug-likeness (QED) is 0.181. The summed E-state index contributed by atoms with van der Waals surface area (Å²) in [5.74, 6) is 1.77. The Morgan fingerprint density at radius 3 is 1.85 bits per heavy atom. The zero-order valence-corrected chi connectivity index (χ0v) is 27.1. The average Bonchev–Trinajstić information content (AvgIpc) is 3.49. The number of hydrogen-bond acceptors (Lipinski definition) is 5. The third-order valence-corrected chi connectivity index (χ3v) is 9.07. The van der Waals surface area contributed by atoms with Crippen molar-refractivity contribution in [3.63, 3.8) is 0 Å². The first-order valence-electron chi connectivity index (χ1n) is 15.6. The third kappa shape index (κ3) is 5.01. The number of hydrogen-bond donors (Lipinski definition) is 0. The van der Waals surface area contributed by atoms with E-state index in [1.54, 1.807) is 12.4 Å². The molecule has 0 amide bonds. The van der Waals surface area contributed by atoms with Gasteiger partial charge in [0.2, 0.25) is 0 Å². The minimum absolute atomic E-state index is 0.584. The maximum absolute atomic E-state index is 5.08. The molecule has 0 aliphatic carbocycles. The Bertz CT molecular complexity index is 2580. The lowest BCUT2D eigenvalue weighted by atomic mass is 10.1. The van der Waals surface area contributed by atoms with Gasteiger partial charge in [-0.1, -0.05) is 88.7 Å². The lowest BCUT2D eigenvalue weighted by Crippen LogP contribution is -2.01. The monoisotopic (exact) mass is 680 g/mol. The summed E-state index contributed by atoms with van der Waals surface area (Å²) in [5.41, 5.74) is 9.00. The van der Waals surface area contributed by atoms with Crippen LogP contribution in [0.1, 0.15) is 0 Å². The van der Waals surface area contributed by atoms with Crippen LogP contribution in [0.2, 0.25) is 0 Å².